The zero-order valence-electron chi connectivity index (χ0n) is 28.0. The minimum Gasteiger partial charge on any atom is -0.497 e. The second-order valence-electron chi connectivity index (χ2n) is 13.5. The van der Waals surface area contributed by atoms with E-state index < -0.39 is 44.5 Å². The number of hydrogen-bond donors (Lipinski definition) is 1. The van der Waals surface area contributed by atoms with Crippen molar-refractivity contribution >= 4 is 25.3 Å². The van der Waals surface area contributed by atoms with E-state index >= 15 is 8.78 Å². The summed E-state index contributed by atoms with van der Waals surface area (Å²) in [5, 5.41) is 3.43. The molecule has 250 valence electrons. The van der Waals surface area contributed by atoms with Crippen LogP contribution in [-0.4, -0.2) is 53.3 Å². The molecule has 11 heteroatoms. The SMILES string of the molecule is C=CC1O[C@@H](n2cnc3c(NC(c4ccccc4)(c4ccccc4)c4ccc(OC)cc4)nc(F)nc32)[C@@H](F)[C@@H]1O[Si](C)(C)C(C)(C)C. The number of alkyl halides is 1. The number of ether oxygens (including phenoxy) is 2. The van der Waals surface area contributed by atoms with Gasteiger partial charge in [-0.05, 0) is 47.0 Å². The molecule has 8 nitrogen and oxygen atoms in total. The minimum atomic E-state index is -2.38. The monoisotopic (exact) mass is 669 g/mol. The van der Waals surface area contributed by atoms with Crippen LogP contribution in [0.3, 0.4) is 0 Å². The van der Waals surface area contributed by atoms with Gasteiger partial charge in [0.05, 0.1) is 13.4 Å². The largest absolute Gasteiger partial charge is 0.497 e. The van der Waals surface area contributed by atoms with Gasteiger partial charge in [0, 0.05) is 0 Å². The number of hydrogen-bond acceptors (Lipinski definition) is 7. The van der Waals surface area contributed by atoms with Crippen LogP contribution in [0, 0.1) is 6.08 Å². The second kappa shape index (κ2) is 12.9. The number of benzene rings is 3. The Balaban J connectivity index is 1.48. The van der Waals surface area contributed by atoms with Gasteiger partial charge >= 0.3 is 6.08 Å². The van der Waals surface area contributed by atoms with Crippen molar-refractivity contribution in [3.8, 4) is 5.75 Å². The quantitative estimate of drug-likeness (QED) is 0.0695. The van der Waals surface area contributed by atoms with Gasteiger partial charge in [-0.1, -0.05) is 99.6 Å². The van der Waals surface area contributed by atoms with Crippen molar-refractivity contribution in [1.82, 2.24) is 19.5 Å². The molecule has 6 rings (SSSR count). The van der Waals surface area contributed by atoms with Crippen LogP contribution in [0.4, 0.5) is 14.6 Å². The van der Waals surface area contributed by atoms with Crippen LogP contribution >= 0.6 is 0 Å². The van der Waals surface area contributed by atoms with Crippen LogP contribution in [0.25, 0.3) is 11.2 Å². The standard InChI is InChI=1S/C37H41F2N5O3Si/c1-8-28-31(47-48(6,7)36(2,3)4)29(38)34(46-28)44-23-40-30-32(41-35(39)42-33(30)44)43-37(24-15-11-9-12-16-24,25-17-13-10-14-18-25)26-19-21-27(45-5)22-20-26/h8-23,28-29,31,34H,1H2,2-7H3,(H,41,42,43)/t28?,29-,31+,34+/m0/s1. The summed E-state index contributed by atoms with van der Waals surface area (Å²) < 4.78 is 51.5. The maximum atomic E-state index is 16.4. The maximum Gasteiger partial charge on any atom is 0.312 e. The zero-order valence-corrected chi connectivity index (χ0v) is 29.0. The van der Waals surface area contributed by atoms with Crippen molar-refractivity contribution < 1.29 is 22.7 Å². The van der Waals surface area contributed by atoms with Gasteiger partial charge in [-0.2, -0.15) is 14.4 Å². The number of halogens is 2. The molecule has 1 aliphatic rings. The topological polar surface area (TPSA) is 83.3 Å². The first-order valence-electron chi connectivity index (χ1n) is 15.9. The Morgan fingerprint density at radius 2 is 1.50 bits per heavy atom. The summed E-state index contributed by atoms with van der Waals surface area (Å²) in [6.07, 6.45) is -2.43. The number of nitrogens with zero attached hydrogens (tertiary/aromatic N) is 4. The summed E-state index contributed by atoms with van der Waals surface area (Å²) >= 11 is 0. The van der Waals surface area contributed by atoms with E-state index in [4.69, 9.17) is 13.9 Å². The molecule has 0 saturated carbocycles. The number of nitrogens with one attached hydrogen (secondary N) is 1. The summed E-state index contributed by atoms with van der Waals surface area (Å²) in [7, 11) is -0.770. The fourth-order valence-corrected chi connectivity index (χ4v) is 7.29. The molecule has 0 amide bonds. The van der Waals surface area contributed by atoms with E-state index in [1.165, 1.54) is 10.9 Å². The highest BCUT2D eigenvalue weighted by Gasteiger charge is 2.51. The Morgan fingerprint density at radius 3 is 2.04 bits per heavy atom. The van der Waals surface area contributed by atoms with E-state index in [-0.39, 0.29) is 22.0 Å². The zero-order chi connectivity index (χ0) is 34.3. The number of rotatable bonds is 10. The third-order valence-corrected chi connectivity index (χ3v) is 14.1. The summed E-state index contributed by atoms with van der Waals surface area (Å²) in [5.74, 6) is 0.816. The molecule has 2 aromatic heterocycles. The van der Waals surface area contributed by atoms with Gasteiger partial charge in [0.2, 0.25) is 0 Å². The van der Waals surface area contributed by atoms with E-state index in [9.17, 15) is 0 Å². The Bertz CT molecular complexity index is 1840. The lowest BCUT2D eigenvalue weighted by atomic mass is 9.77. The Labute approximate surface area is 281 Å². The molecular weight excluding hydrogens is 629 g/mol. The van der Waals surface area contributed by atoms with Crippen LogP contribution in [0.15, 0.2) is 104 Å². The Morgan fingerprint density at radius 1 is 0.917 bits per heavy atom. The molecule has 3 aromatic carbocycles. The summed E-state index contributed by atoms with van der Waals surface area (Å²) in [5.41, 5.74) is 1.86. The van der Waals surface area contributed by atoms with Crippen LogP contribution in [0.5, 0.6) is 5.75 Å². The number of aromatic nitrogens is 4. The van der Waals surface area contributed by atoms with E-state index in [2.05, 4.69) is 60.7 Å². The lowest BCUT2D eigenvalue weighted by Gasteiger charge is -2.39. The fraction of sp³-hybridized carbons (Fsp3) is 0.324. The van der Waals surface area contributed by atoms with Gasteiger partial charge in [-0.15, -0.1) is 6.58 Å². The number of anilines is 1. The number of imidazole rings is 1. The molecule has 48 heavy (non-hydrogen) atoms. The molecule has 4 atom stereocenters. The van der Waals surface area contributed by atoms with E-state index in [0.717, 1.165) is 16.7 Å². The molecule has 0 aliphatic carbocycles. The summed E-state index contributed by atoms with van der Waals surface area (Å²) in [4.78, 5) is 12.9. The highest BCUT2D eigenvalue weighted by Crippen LogP contribution is 2.44. The number of fused-ring (bicyclic) bond motifs is 1. The van der Waals surface area contributed by atoms with Gasteiger partial charge < -0.3 is 19.2 Å². The van der Waals surface area contributed by atoms with Crippen molar-refractivity contribution in [3.05, 3.63) is 127 Å². The lowest BCUT2D eigenvalue weighted by molar-refractivity contribution is -0.00131. The predicted octanol–water partition coefficient (Wildman–Crippen LogP) is 8.19. The summed E-state index contributed by atoms with van der Waals surface area (Å²) in [6, 6.07) is 27.3. The predicted molar refractivity (Wildman–Crippen MR) is 186 cm³/mol. The Hall–Kier alpha value is -4.45. The van der Waals surface area contributed by atoms with Gasteiger partial charge in [-0.25, -0.2) is 9.37 Å². The molecule has 1 aliphatic heterocycles. The Kier molecular flexibility index (Phi) is 8.97. The van der Waals surface area contributed by atoms with Gasteiger partial charge in [0.1, 0.15) is 23.5 Å². The molecule has 0 spiro atoms. The first-order valence-corrected chi connectivity index (χ1v) is 18.8. The molecule has 5 aromatic rings. The van der Waals surface area contributed by atoms with Crippen molar-refractivity contribution in [2.45, 2.75) is 69.0 Å². The lowest BCUT2D eigenvalue weighted by Crippen LogP contribution is -2.48. The third kappa shape index (κ3) is 5.91. The molecule has 0 bridgehead atoms. The minimum absolute atomic E-state index is 0.0817. The first-order chi connectivity index (χ1) is 22.9. The van der Waals surface area contributed by atoms with Crippen molar-refractivity contribution in [1.29, 1.82) is 0 Å². The van der Waals surface area contributed by atoms with Crippen molar-refractivity contribution in [3.63, 3.8) is 0 Å². The smallest absolute Gasteiger partial charge is 0.312 e. The average molecular weight is 670 g/mol. The van der Waals surface area contributed by atoms with E-state index in [1.54, 1.807) is 13.2 Å². The molecule has 1 unspecified atom stereocenters. The van der Waals surface area contributed by atoms with Crippen LogP contribution < -0.4 is 10.1 Å². The molecule has 1 fully saturated rings. The fourth-order valence-electron chi connectivity index (χ4n) is 5.99. The molecule has 3 heterocycles. The highest BCUT2D eigenvalue weighted by molar-refractivity contribution is 6.74. The molecule has 0 radical (unpaired) electrons. The molecule has 1 saturated heterocycles. The molecule has 1 N–H and O–H groups in total. The van der Waals surface area contributed by atoms with Gasteiger partial charge in [0.15, 0.2) is 37.7 Å². The third-order valence-electron chi connectivity index (χ3n) is 9.59. The normalized spacial score (nSPS) is 20.2. The van der Waals surface area contributed by atoms with Crippen molar-refractivity contribution in [2.75, 3.05) is 12.4 Å². The number of methoxy groups -OCH3 is 1. The highest BCUT2D eigenvalue weighted by atomic mass is 28.4. The molecular formula is C37H41F2N5O3Si. The first kappa shape index (κ1) is 33.4. The maximum absolute atomic E-state index is 16.4. The van der Waals surface area contributed by atoms with E-state index in [0.29, 0.717) is 5.75 Å². The van der Waals surface area contributed by atoms with E-state index in [1.807, 2.05) is 84.9 Å². The second-order valence-corrected chi connectivity index (χ2v) is 18.3. The summed E-state index contributed by atoms with van der Waals surface area (Å²) in [6.45, 7) is 14.3. The van der Waals surface area contributed by atoms with Crippen LogP contribution in [0.1, 0.15) is 43.7 Å². The van der Waals surface area contributed by atoms with Gasteiger partial charge in [-0.3, -0.25) is 4.57 Å². The van der Waals surface area contributed by atoms with Crippen molar-refractivity contribution in [2.24, 2.45) is 0 Å². The van der Waals surface area contributed by atoms with Gasteiger partial charge in [0.25, 0.3) is 0 Å². The van der Waals surface area contributed by atoms with Crippen LogP contribution in [0.2, 0.25) is 18.1 Å². The van der Waals surface area contributed by atoms with Crippen LogP contribution in [-0.2, 0) is 14.7 Å². The average Bonchev–Trinajstić information content (AvgIpc) is 3.63.